The first-order chi connectivity index (χ1) is 13.5. The molecule has 8 nitrogen and oxygen atoms in total. The van der Waals surface area contributed by atoms with E-state index in [0.29, 0.717) is 28.4 Å². The zero-order chi connectivity index (χ0) is 19.7. The summed E-state index contributed by atoms with van der Waals surface area (Å²) in [4.78, 5) is 30.3. The Bertz CT molecular complexity index is 1210. The molecule has 0 saturated heterocycles. The summed E-state index contributed by atoms with van der Waals surface area (Å²) in [7, 11) is 1.60. The van der Waals surface area contributed by atoms with Crippen molar-refractivity contribution in [1.29, 1.82) is 0 Å². The Morgan fingerprint density at radius 2 is 2.04 bits per heavy atom. The molecule has 2 heterocycles. The normalized spacial score (nSPS) is 13.8. The number of nitro benzene ring substituents is 1. The van der Waals surface area contributed by atoms with Gasteiger partial charge in [0, 0.05) is 17.8 Å². The highest BCUT2D eigenvalue weighted by molar-refractivity contribution is 7.07. The Balaban J connectivity index is 1.67. The van der Waals surface area contributed by atoms with Crippen molar-refractivity contribution in [3.8, 4) is 5.75 Å². The lowest BCUT2D eigenvalue weighted by molar-refractivity contribution is -0.384. The molecule has 2 aromatic carbocycles. The van der Waals surface area contributed by atoms with Crippen LogP contribution >= 0.6 is 11.3 Å². The molecule has 4 rings (SSSR count). The minimum absolute atomic E-state index is 0.00879. The Labute approximate surface area is 163 Å². The molecule has 1 aliphatic heterocycles. The number of hydrogen-bond donors (Lipinski definition) is 0. The van der Waals surface area contributed by atoms with E-state index < -0.39 is 4.92 Å². The molecule has 28 heavy (non-hydrogen) atoms. The zero-order valence-electron chi connectivity index (χ0n) is 14.9. The molecule has 9 heteroatoms. The highest BCUT2D eigenvalue weighted by Gasteiger charge is 2.17. The van der Waals surface area contributed by atoms with Gasteiger partial charge >= 0.3 is 0 Å². The van der Waals surface area contributed by atoms with E-state index in [-0.39, 0.29) is 11.2 Å². The first-order valence-electron chi connectivity index (χ1n) is 8.44. The first-order valence-corrected chi connectivity index (χ1v) is 9.26. The average Bonchev–Trinajstić information content (AvgIpc) is 3.03. The van der Waals surface area contributed by atoms with Gasteiger partial charge in [0.1, 0.15) is 19.1 Å². The predicted octanol–water partition coefficient (Wildman–Crippen LogP) is 1.71. The van der Waals surface area contributed by atoms with Crippen molar-refractivity contribution in [3.63, 3.8) is 0 Å². The van der Waals surface area contributed by atoms with Gasteiger partial charge in [-0.3, -0.25) is 19.5 Å². The van der Waals surface area contributed by atoms with Gasteiger partial charge in [-0.2, -0.15) is 0 Å². The molecule has 1 aromatic heterocycles. The summed E-state index contributed by atoms with van der Waals surface area (Å²) in [5.41, 5.74) is 1.43. The van der Waals surface area contributed by atoms with E-state index >= 15 is 0 Å². The molecule has 0 unspecified atom stereocenters. The number of hydrogen-bond acceptors (Lipinski definition) is 7. The Hall–Kier alpha value is -3.46. The number of fused-ring (bicyclic) bond motifs is 1. The highest BCUT2D eigenvalue weighted by atomic mass is 32.1. The standard InChI is InChI=1S/C19H16N4O4S/c1-27-16-7-5-13(6-8-16)9-17-18(24)22-12-21(11-20-19(22)28-17)14-3-2-4-15(10-14)23(25)26/h2-10H,11-12H2,1H3. The summed E-state index contributed by atoms with van der Waals surface area (Å²) in [6, 6.07) is 13.8. The molecule has 0 bridgehead atoms. The number of anilines is 1. The second-order valence-electron chi connectivity index (χ2n) is 6.16. The van der Waals surface area contributed by atoms with E-state index in [1.165, 1.54) is 23.5 Å². The van der Waals surface area contributed by atoms with Gasteiger partial charge in [-0.05, 0) is 29.8 Å². The summed E-state index contributed by atoms with van der Waals surface area (Å²) in [6.07, 6.45) is 1.82. The van der Waals surface area contributed by atoms with Crippen LogP contribution in [0.25, 0.3) is 6.08 Å². The number of nitro groups is 1. The van der Waals surface area contributed by atoms with Crippen molar-refractivity contribution in [3.05, 3.63) is 83.9 Å². The van der Waals surface area contributed by atoms with Crippen LogP contribution in [0.5, 0.6) is 5.75 Å². The number of rotatable bonds is 4. The molecule has 0 amide bonds. The molecule has 0 radical (unpaired) electrons. The maximum atomic E-state index is 12.8. The summed E-state index contributed by atoms with van der Waals surface area (Å²) >= 11 is 1.33. The lowest BCUT2D eigenvalue weighted by atomic mass is 10.2. The van der Waals surface area contributed by atoms with Crippen LogP contribution in [0.3, 0.4) is 0 Å². The lowest BCUT2D eigenvalue weighted by Gasteiger charge is -2.25. The van der Waals surface area contributed by atoms with Crippen molar-refractivity contribution < 1.29 is 9.66 Å². The van der Waals surface area contributed by atoms with Crippen LogP contribution in [-0.2, 0) is 6.67 Å². The molecular formula is C19H16N4O4S. The highest BCUT2D eigenvalue weighted by Crippen LogP contribution is 2.21. The van der Waals surface area contributed by atoms with Crippen LogP contribution in [0.15, 0.2) is 58.3 Å². The third-order valence-electron chi connectivity index (χ3n) is 4.40. The Kier molecular flexibility index (Phi) is 4.66. The quantitative estimate of drug-likeness (QED) is 0.495. The van der Waals surface area contributed by atoms with E-state index in [1.807, 2.05) is 35.2 Å². The molecule has 0 fully saturated rings. The van der Waals surface area contributed by atoms with Crippen molar-refractivity contribution in [2.75, 3.05) is 18.7 Å². The fraction of sp³-hybridized carbons (Fsp3) is 0.158. The molecule has 142 valence electrons. The van der Waals surface area contributed by atoms with Crippen molar-refractivity contribution >= 4 is 28.8 Å². The van der Waals surface area contributed by atoms with Crippen LogP contribution < -0.4 is 24.5 Å². The van der Waals surface area contributed by atoms with Gasteiger partial charge in [0.25, 0.3) is 11.2 Å². The second kappa shape index (κ2) is 7.28. The average molecular weight is 396 g/mol. The van der Waals surface area contributed by atoms with Gasteiger partial charge in [0.15, 0.2) is 4.80 Å². The maximum Gasteiger partial charge on any atom is 0.271 e. The minimum Gasteiger partial charge on any atom is -0.497 e. The maximum absolute atomic E-state index is 12.8. The number of nitrogens with zero attached hydrogens (tertiary/aromatic N) is 4. The molecule has 0 N–H and O–H groups in total. The van der Waals surface area contributed by atoms with Crippen LogP contribution in [0.4, 0.5) is 11.4 Å². The number of non-ortho nitro benzene ring substituents is 1. The number of thiazole rings is 1. The number of ether oxygens (including phenoxy) is 1. The second-order valence-corrected chi connectivity index (χ2v) is 7.17. The molecular weight excluding hydrogens is 380 g/mol. The van der Waals surface area contributed by atoms with E-state index in [2.05, 4.69) is 4.99 Å². The van der Waals surface area contributed by atoms with E-state index in [9.17, 15) is 14.9 Å². The van der Waals surface area contributed by atoms with Gasteiger partial charge in [0.05, 0.1) is 16.6 Å². The molecule has 0 spiro atoms. The number of methoxy groups -OCH3 is 1. The minimum atomic E-state index is -0.436. The first kappa shape index (κ1) is 17.9. The third-order valence-corrected chi connectivity index (χ3v) is 5.44. The summed E-state index contributed by atoms with van der Waals surface area (Å²) in [6.45, 7) is 0.634. The smallest absolute Gasteiger partial charge is 0.271 e. The van der Waals surface area contributed by atoms with Crippen molar-refractivity contribution in [1.82, 2.24) is 4.57 Å². The fourth-order valence-electron chi connectivity index (χ4n) is 2.93. The topological polar surface area (TPSA) is 90.0 Å². The van der Waals surface area contributed by atoms with Crippen molar-refractivity contribution in [2.24, 2.45) is 4.99 Å². The Morgan fingerprint density at radius 1 is 1.25 bits per heavy atom. The third kappa shape index (κ3) is 3.39. The summed E-state index contributed by atoms with van der Waals surface area (Å²) in [5, 5.41) is 11.0. The fourth-order valence-corrected chi connectivity index (χ4v) is 3.89. The van der Waals surface area contributed by atoms with E-state index in [1.54, 1.807) is 23.8 Å². The van der Waals surface area contributed by atoms with E-state index in [0.717, 1.165) is 11.3 Å². The van der Waals surface area contributed by atoms with Crippen LogP contribution in [-0.4, -0.2) is 23.3 Å². The molecule has 1 aliphatic rings. The zero-order valence-corrected chi connectivity index (χ0v) is 15.8. The van der Waals surface area contributed by atoms with E-state index in [4.69, 9.17) is 4.74 Å². The summed E-state index contributed by atoms with van der Waals surface area (Å²) in [5.74, 6) is 0.752. The van der Waals surface area contributed by atoms with Gasteiger partial charge in [-0.1, -0.05) is 29.5 Å². The van der Waals surface area contributed by atoms with Crippen molar-refractivity contribution in [2.45, 2.75) is 6.67 Å². The van der Waals surface area contributed by atoms with Gasteiger partial charge in [-0.25, -0.2) is 4.99 Å². The molecule has 3 aromatic rings. The Morgan fingerprint density at radius 3 is 2.75 bits per heavy atom. The lowest BCUT2D eigenvalue weighted by Crippen LogP contribution is -2.42. The van der Waals surface area contributed by atoms with Gasteiger partial charge in [-0.15, -0.1) is 0 Å². The molecule has 0 aliphatic carbocycles. The SMILES string of the molecule is COc1ccc(C=c2sc3n(c2=O)CN(c2cccc([N+](=O)[O-])c2)CN=3)cc1. The number of benzene rings is 2. The molecule has 0 atom stereocenters. The number of aromatic nitrogens is 1. The largest absolute Gasteiger partial charge is 0.497 e. The van der Waals surface area contributed by atoms with Gasteiger partial charge in [0.2, 0.25) is 0 Å². The van der Waals surface area contributed by atoms with Gasteiger partial charge < -0.3 is 9.64 Å². The summed E-state index contributed by atoms with van der Waals surface area (Å²) < 4.78 is 7.32. The predicted molar refractivity (Wildman–Crippen MR) is 106 cm³/mol. The van der Waals surface area contributed by atoms with Crippen LogP contribution in [0, 0.1) is 10.1 Å². The monoisotopic (exact) mass is 396 g/mol. The molecule has 0 saturated carbocycles. The van der Waals surface area contributed by atoms with Crippen LogP contribution in [0.2, 0.25) is 0 Å². The van der Waals surface area contributed by atoms with Crippen LogP contribution in [0.1, 0.15) is 5.56 Å².